The molecule has 6 heterocycles. The molecule has 67 heavy (non-hydrogen) atoms. The lowest BCUT2D eigenvalue weighted by atomic mass is 9.57. The maximum absolute atomic E-state index is 15.3. The number of halogens is 2. The van der Waals surface area contributed by atoms with E-state index in [2.05, 4.69) is 38.5 Å². The highest BCUT2D eigenvalue weighted by Gasteiger charge is 2.52. The Morgan fingerprint density at radius 1 is 0.896 bits per heavy atom. The zero-order valence-corrected chi connectivity index (χ0v) is 40.4. The van der Waals surface area contributed by atoms with Crippen LogP contribution in [0.25, 0.3) is 0 Å². The first-order chi connectivity index (χ1) is 32.4. The molecule has 364 valence electrons. The molecule has 1 amide bonds. The fourth-order valence-electron chi connectivity index (χ4n) is 12.7. The first-order valence-corrected chi connectivity index (χ1v) is 26.7. The van der Waals surface area contributed by atoms with Gasteiger partial charge in [0.2, 0.25) is 5.91 Å². The van der Waals surface area contributed by atoms with Crippen LogP contribution >= 0.6 is 0 Å². The molecule has 6 aliphatic rings. The summed E-state index contributed by atoms with van der Waals surface area (Å²) in [5.41, 5.74) is 2.29. The highest BCUT2D eigenvalue weighted by molar-refractivity contribution is 7.92. The SMILES string of the molecule is CCc1nccn1C[C@@](c1cccc(F)c1)(C1CCN(CC2CN(c3ccc(S(=O)(=O)C4CN(C(=O)/C=C/CN5CCCCC5)C4)c(CN4CC(F)C4)c3)C2)CC1)[C@H]1CCC[C@@H]1CC(=O)OC. The van der Waals surface area contributed by atoms with Crippen molar-refractivity contribution in [1.82, 2.24) is 29.2 Å². The monoisotopic (exact) mass is 944 g/mol. The quantitative estimate of drug-likeness (QED) is 0.103. The van der Waals surface area contributed by atoms with Crippen LogP contribution in [0.3, 0.4) is 0 Å². The normalized spacial score (nSPS) is 24.1. The van der Waals surface area contributed by atoms with Gasteiger partial charge in [-0.05, 0) is 124 Å². The van der Waals surface area contributed by atoms with Gasteiger partial charge in [-0.2, -0.15) is 0 Å². The van der Waals surface area contributed by atoms with Gasteiger partial charge in [0.25, 0.3) is 0 Å². The van der Waals surface area contributed by atoms with Crippen molar-refractivity contribution in [2.24, 2.45) is 23.7 Å². The Morgan fingerprint density at radius 2 is 1.67 bits per heavy atom. The Morgan fingerprint density at radius 3 is 2.39 bits per heavy atom. The zero-order chi connectivity index (χ0) is 46.7. The summed E-state index contributed by atoms with van der Waals surface area (Å²) in [6, 6.07) is 12.9. The summed E-state index contributed by atoms with van der Waals surface area (Å²) >= 11 is 0. The molecule has 5 aliphatic heterocycles. The average Bonchev–Trinajstić information content (AvgIpc) is 3.95. The van der Waals surface area contributed by atoms with Gasteiger partial charge in [0.15, 0.2) is 9.84 Å². The van der Waals surface area contributed by atoms with Gasteiger partial charge in [-0.1, -0.05) is 38.0 Å². The maximum Gasteiger partial charge on any atom is 0.305 e. The van der Waals surface area contributed by atoms with E-state index in [0.29, 0.717) is 49.0 Å². The number of methoxy groups -OCH3 is 1. The molecule has 2 aromatic carbocycles. The van der Waals surface area contributed by atoms with Gasteiger partial charge >= 0.3 is 5.97 Å². The van der Waals surface area contributed by atoms with Crippen molar-refractivity contribution in [3.63, 3.8) is 0 Å². The Balaban J connectivity index is 0.851. The number of nitrogens with zero attached hydrogens (tertiary/aromatic N) is 7. The summed E-state index contributed by atoms with van der Waals surface area (Å²) in [5.74, 6) is 1.48. The summed E-state index contributed by atoms with van der Waals surface area (Å²) in [7, 11) is -2.26. The second-order valence-electron chi connectivity index (χ2n) is 20.6. The Kier molecular flexibility index (Phi) is 14.9. The predicted molar refractivity (Wildman–Crippen MR) is 256 cm³/mol. The molecular formula is C52H71F2N7O5S. The lowest BCUT2D eigenvalue weighted by Crippen LogP contribution is -2.56. The van der Waals surface area contributed by atoms with Crippen LogP contribution in [0.15, 0.2) is 71.9 Å². The van der Waals surface area contributed by atoms with Crippen LogP contribution in [-0.2, 0) is 49.1 Å². The lowest BCUT2D eigenvalue weighted by Gasteiger charge is -2.51. The van der Waals surface area contributed by atoms with E-state index in [4.69, 9.17) is 9.72 Å². The van der Waals surface area contributed by atoms with Crippen molar-refractivity contribution in [2.75, 3.05) is 90.5 Å². The minimum absolute atomic E-state index is 0.144. The highest BCUT2D eigenvalue weighted by atomic mass is 32.2. The zero-order valence-electron chi connectivity index (χ0n) is 39.6. The van der Waals surface area contributed by atoms with Crippen LogP contribution in [0.4, 0.5) is 14.5 Å². The number of benzene rings is 2. The van der Waals surface area contributed by atoms with Crippen molar-refractivity contribution in [2.45, 2.75) is 106 Å². The van der Waals surface area contributed by atoms with Gasteiger partial charge in [0.1, 0.15) is 23.1 Å². The Labute approximate surface area is 396 Å². The fourth-order valence-corrected chi connectivity index (χ4v) is 14.5. The van der Waals surface area contributed by atoms with E-state index >= 15 is 4.39 Å². The minimum atomic E-state index is -3.73. The molecule has 1 aromatic heterocycles. The molecule has 0 spiro atoms. The number of alkyl halides is 1. The third-order valence-electron chi connectivity index (χ3n) is 16.4. The number of hydrogen-bond donors (Lipinski definition) is 0. The molecule has 3 aromatic rings. The number of carbonyl (C=O) groups is 2. The van der Waals surface area contributed by atoms with E-state index in [0.717, 1.165) is 108 Å². The average molecular weight is 944 g/mol. The second kappa shape index (κ2) is 20.8. The largest absolute Gasteiger partial charge is 0.469 e. The van der Waals surface area contributed by atoms with E-state index in [-0.39, 0.29) is 48.5 Å². The smallest absolute Gasteiger partial charge is 0.305 e. The van der Waals surface area contributed by atoms with Crippen molar-refractivity contribution < 1.29 is 31.5 Å². The molecule has 0 unspecified atom stereocenters. The van der Waals surface area contributed by atoms with Crippen molar-refractivity contribution in [3.8, 4) is 0 Å². The molecule has 9 rings (SSSR count). The summed E-state index contributed by atoms with van der Waals surface area (Å²) in [6.45, 7) is 11.5. The molecule has 0 bridgehead atoms. The van der Waals surface area contributed by atoms with Crippen LogP contribution in [0.1, 0.15) is 81.7 Å². The van der Waals surface area contributed by atoms with Crippen molar-refractivity contribution in [3.05, 3.63) is 89.8 Å². The van der Waals surface area contributed by atoms with Crippen LogP contribution in [0.2, 0.25) is 0 Å². The number of ether oxygens (including phenoxy) is 1. The molecule has 3 atom stereocenters. The third kappa shape index (κ3) is 10.4. The number of imidazole rings is 1. The number of likely N-dealkylation sites (tertiary alicyclic amines) is 4. The van der Waals surface area contributed by atoms with E-state index in [1.54, 1.807) is 23.1 Å². The fraction of sp³-hybridized carbons (Fsp3) is 0.635. The van der Waals surface area contributed by atoms with Gasteiger partial charge in [-0.25, -0.2) is 22.2 Å². The number of aromatic nitrogens is 2. The number of amides is 1. The molecule has 6 fully saturated rings. The van der Waals surface area contributed by atoms with E-state index < -0.39 is 26.7 Å². The molecule has 5 saturated heterocycles. The van der Waals surface area contributed by atoms with Gasteiger partial charge < -0.3 is 24.0 Å². The van der Waals surface area contributed by atoms with E-state index in [9.17, 15) is 22.4 Å². The third-order valence-corrected chi connectivity index (χ3v) is 18.6. The van der Waals surface area contributed by atoms with Gasteiger partial charge in [-0.3, -0.25) is 19.4 Å². The first kappa shape index (κ1) is 47.9. The molecule has 0 radical (unpaired) electrons. The highest BCUT2D eigenvalue weighted by Crippen LogP contribution is 2.54. The summed E-state index contributed by atoms with van der Waals surface area (Å²) in [6.07, 6.45) is 16.2. The van der Waals surface area contributed by atoms with Gasteiger partial charge in [0.05, 0.1) is 12.0 Å². The number of piperidine rings is 2. The van der Waals surface area contributed by atoms with Gasteiger partial charge in [-0.15, -0.1) is 0 Å². The second-order valence-corrected chi connectivity index (χ2v) is 22.8. The first-order valence-electron chi connectivity index (χ1n) is 25.1. The summed E-state index contributed by atoms with van der Waals surface area (Å²) < 4.78 is 65.1. The molecule has 1 aliphatic carbocycles. The molecule has 15 heteroatoms. The number of sulfone groups is 1. The van der Waals surface area contributed by atoms with Crippen LogP contribution in [0, 0.1) is 29.5 Å². The molecule has 0 N–H and O–H groups in total. The Bertz CT molecular complexity index is 2330. The number of rotatable bonds is 18. The van der Waals surface area contributed by atoms with Crippen LogP contribution < -0.4 is 4.90 Å². The number of hydrogen-bond acceptors (Lipinski definition) is 10. The number of anilines is 1. The van der Waals surface area contributed by atoms with Crippen LogP contribution in [-0.4, -0.2) is 147 Å². The number of carbonyl (C=O) groups excluding carboxylic acids is 2. The molecule has 1 saturated carbocycles. The summed E-state index contributed by atoms with van der Waals surface area (Å²) in [5, 5.41) is -0.669. The minimum Gasteiger partial charge on any atom is -0.469 e. The predicted octanol–water partition coefficient (Wildman–Crippen LogP) is 6.53. The Hall–Kier alpha value is -4.18. The lowest BCUT2D eigenvalue weighted by molar-refractivity contribution is -0.142. The van der Waals surface area contributed by atoms with Crippen molar-refractivity contribution in [1.29, 1.82) is 0 Å². The number of aryl methyl sites for hydroxylation is 1. The number of esters is 1. The van der Waals surface area contributed by atoms with Crippen molar-refractivity contribution >= 4 is 27.4 Å². The van der Waals surface area contributed by atoms with Gasteiger partial charge in [0, 0.05) is 114 Å². The topological polar surface area (TPSA) is 112 Å². The standard InChI is InChI=1S/C52H71F2N7O5S/c1-3-49-55-19-25-59(49)37-52(42-11-8-12-43(53)28-42,47-13-7-10-39(47)27-51(63)66-2)41-17-23-57(24-18-41)29-38-30-60(31-38)45-15-16-48(40(26-45)32-58-33-44(54)34-58)67(64,65)46-35-61(36-46)50(62)14-9-22-56-20-5-4-6-21-56/h8-9,11-12,14-16,19,25-26,28,38-39,41,44,46-47H,3-7,10,13,17-18,20-24,27,29-37H2,1-2H3/b14-9+/t39-,47+,52+/m1/s1. The summed E-state index contributed by atoms with van der Waals surface area (Å²) in [4.78, 5) is 41.5. The van der Waals surface area contributed by atoms with Crippen LogP contribution in [0.5, 0.6) is 0 Å². The molecule has 12 nitrogen and oxygen atoms in total. The maximum atomic E-state index is 15.3. The van der Waals surface area contributed by atoms with E-state index in [1.807, 2.05) is 35.4 Å². The van der Waals surface area contributed by atoms with E-state index in [1.165, 1.54) is 32.4 Å². The molecular weight excluding hydrogens is 873 g/mol.